The normalized spacial score (nSPS) is 18.5. The first-order chi connectivity index (χ1) is 18.5. The Morgan fingerprint density at radius 1 is 1.08 bits per heavy atom. The Hall–Kier alpha value is -3.37. The number of dihydropyridines is 1. The molecular formula is C29H30BrN3O5S. The summed E-state index contributed by atoms with van der Waals surface area (Å²) in [6, 6.07) is 9.29. The van der Waals surface area contributed by atoms with Crippen LogP contribution in [0.15, 0.2) is 57.3 Å². The van der Waals surface area contributed by atoms with Crippen LogP contribution in [0.25, 0.3) is 10.2 Å². The van der Waals surface area contributed by atoms with E-state index in [0.717, 1.165) is 20.4 Å². The fourth-order valence-electron chi connectivity index (χ4n) is 5.44. The van der Waals surface area contributed by atoms with Crippen molar-refractivity contribution in [3.05, 3.63) is 62.9 Å². The van der Waals surface area contributed by atoms with Crippen LogP contribution in [0, 0.1) is 5.41 Å². The molecule has 2 heterocycles. The maximum atomic E-state index is 14.0. The number of ketones is 1. The van der Waals surface area contributed by atoms with E-state index >= 15 is 0 Å². The van der Waals surface area contributed by atoms with E-state index in [4.69, 9.17) is 14.2 Å². The van der Waals surface area contributed by atoms with E-state index in [9.17, 15) is 9.59 Å². The third-order valence-corrected chi connectivity index (χ3v) is 8.53. The lowest BCUT2D eigenvalue weighted by atomic mass is 9.68. The Kier molecular flexibility index (Phi) is 7.19. The molecule has 1 atom stereocenters. The number of ether oxygens (including phenoxy) is 3. The summed E-state index contributed by atoms with van der Waals surface area (Å²) in [7, 11) is 4.66. The molecule has 39 heavy (non-hydrogen) atoms. The molecule has 0 spiro atoms. The van der Waals surface area contributed by atoms with Gasteiger partial charge in [-0.3, -0.25) is 14.9 Å². The van der Waals surface area contributed by atoms with E-state index in [0.29, 0.717) is 57.6 Å². The van der Waals surface area contributed by atoms with Gasteiger partial charge in [0, 0.05) is 45.1 Å². The predicted octanol–water partition coefficient (Wildman–Crippen LogP) is 6.33. The minimum absolute atomic E-state index is 0.00164. The standard InChI is InChI=1S/C29H30BrN3O5S/c1-14-24(27(35)33-28-32-17-8-7-15(30)9-23(17)39-28)25(26-18(31-14)12-29(2,3)13-19(26)34)16-10-21(37-5)22(38-6)11-20(16)36-4/h7-11,25,31H,12-13H2,1-6H3,(H,32,33,35)/t25-/m1/s1. The molecule has 3 aromatic rings. The molecule has 2 aliphatic rings. The number of hydrogen-bond donors (Lipinski definition) is 2. The van der Waals surface area contributed by atoms with Gasteiger partial charge in [-0.25, -0.2) is 4.98 Å². The summed E-state index contributed by atoms with van der Waals surface area (Å²) in [6.45, 7) is 6.02. The summed E-state index contributed by atoms with van der Waals surface area (Å²) in [5, 5.41) is 6.87. The number of nitrogens with zero attached hydrogens (tertiary/aromatic N) is 1. The fourth-order valence-corrected chi connectivity index (χ4v) is 6.86. The molecule has 1 aliphatic carbocycles. The fraction of sp³-hybridized carbons (Fsp3) is 0.345. The number of aromatic nitrogens is 1. The van der Waals surface area contributed by atoms with Crippen molar-refractivity contribution in [1.29, 1.82) is 0 Å². The van der Waals surface area contributed by atoms with Gasteiger partial charge >= 0.3 is 0 Å². The van der Waals surface area contributed by atoms with E-state index in [2.05, 4.69) is 45.4 Å². The van der Waals surface area contributed by atoms with Crippen LogP contribution in [0.1, 0.15) is 45.1 Å². The molecule has 8 nitrogen and oxygen atoms in total. The molecule has 2 N–H and O–H groups in total. The predicted molar refractivity (Wildman–Crippen MR) is 156 cm³/mol. The second-order valence-electron chi connectivity index (χ2n) is 10.5. The summed E-state index contributed by atoms with van der Waals surface area (Å²) in [5.41, 5.74) is 3.73. The Bertz CT molecular complexity index is 1570. The second-order valence-corrected chi connectivity index (χ2v) is 12.4. The number of anilines is 1. The Balaban J connectivity index is 1.65. The molecule has 0 unspecified atom stereocenters. The van der Waals surface area contributed by atoms with Gasteiger partial charge in [0.1, 0.15) is 5.75 Å². The van der Waals surface area contributed by atoms with Crippen molar-refractivity contribution in [1.82, 2.24) is 10.3 Å². The first-order valence-corrected chi connectivity index (χ1v) is 14.1. The van der Waals surface area contributed by atoms with Gasteiger partial charge in [-0.15, -0.1) is 0 Å². The van der Waals surface area contributed by atoms with Gasteiger partial charge < -0.3 is 19.5 Å². The van der Waals surface area contributed by atoms with Crippen molar-refractivity contribution in [2.24, 2.45) is 5.41 Å². The van der Waals surface area contributed by atoms with Gasteiger partial charge in [0.2, 0.25) is 0 Å². The maximum absolute atomic E-state index is 14.0. The van der Waals surface area contributed by atoms with Crippen molar-refractivity contribution >= 4 is 54.3 Å². The van der Waals surface area contributed by atoms with Crippen LogP contribution in [-0.4, -0.2) is 38.0 Å². The zero-order valence-corrected chi connectivity index (χ0v) is 25.1. The Morgan fingerprint density at radius 2 is 1.77 bits per heavy atom. The Labute approximate surface area is 239 Å². The monoisotopic (exact) mass is 611 g/mol. The number of thiazole rings is 1. The molecule has 5 rings (SSSR count). The summed E-state index contributed by atoms with van der Waals surface area (Å²) in [4.78, 5) is 32.3. The molecule has 0 bridgehead atoms. The first-order valence-electron chi connectivity index (χ1n) is 12.5. The quantitative estimate of drug-likeness (QED) is 0.336. The SMILES string of the molecule is COc1cc(OC)c([C@@H]2C(C(=O)Nc3nc4ccc(Br)cc4s3)=C(C)NC3=C2C(=O)CC(C)(C)C3)cc1OC. The second kappa shape index (κ2) is 10.3. The highest BCUT2D eigenvalue weighted by Gasteiger charge is 2.44. The van der Waals surface area contributed by atoms with Crippen LogP contribution >= 0.6 is 27.3 Å². The number of carbonyl (C=O) groups excluding carboxylic acids is 2. The zero-order chi connectivity index (χ0) is 28.1. The molecule has 0 saturated carbocycles. The third-order valence-electron chi connectivity index (χ3n) is 7.10. The zero-order valence-electron chi connectivity index (χ0n) is 22.7. The van der Waals surface area contributed by atoms with Crippen LogP contribution in [0.5, 0.6) is 17.2 Å². The number of nitrogens with one attached hydrogen (secondary N) is 2. The lowest BCUT2D eigenvalue weighted by Crippen LogP contribution is -2.39. The smallest absolute Gasteiger partial charge is 0.256 e. The topological polar surface area (TPSA) is 98.8 Å². The van der Waals surface area contributed by atoms with E-state index in [-0.39, 0.29) is 17.1 Å². The molecule has 204 valence electrons. The Morgan fingerprint density at radius 3 is 2.46 bits per heavy atom. The summed E-state index contributed by atoms with van der Waals surface area (Å²) in [6.07, 6.45) is 1.06. The summed E-state index contributed by atoms with van der Waals surface area (Å²) in [5.74, 6) is 0.439. The molecule has 10 heteroatoms. The minimum atomic E-state index is -0.678. The number of hydrogen-bond acceptors (Lipinski definition) is 8. The average molecular weight is 613 g/mol. The van der Waals surface area contributed by atoms with E-state index in [1.165, 1.54) is 11.3 Å². The van der Waals surface area contributed by atoms with E-state index in [1.54, 1.807) is 33.5 Å². The largest absolute Gasteiger partial charge is 0.496 e. The number of amides is 1. The molecular weight excluding hydrogens is 582 g/mol. The van der Waals surface area contributed by atoms with Crippen molar-refractivity contribution < 1.29 is 23.8 Å². The molecule has 1 aromatic heterocycles. The van der Waals surface area contributed by atoms with E-state index in [1.807, 2.05) is 25.1 Å². The number of benzene rings is 2. The maximum Gasteiger partial charge on any atom is 0.256 e. The molecule has 0 fully saturated rings. The van der Waals surface area contributed by atoms with Crippen molar-refractivity contribution in [3.8, 4) is 17.2 Å². The van der Waals surface area contributed by atoms with Gasteiger partial charge in [0.05, 0.1) is 37.5 Å². The highest BCUT2D eigenvalue weighted by Crippen LogP contribution is 2.50. The van der Waals surface area contributed by atoms with Crippen LogP contribution in [-0.2, 0) is 9.59 Å². The van der Waals surface area contributed by atoms with Gasteiger partial charge in [-0.1, -0.05) is 41.1 Å². The van der Waals surface area contributed by atoms with Crippen molar-refractivity contribution in [2.75, 3.05) is 26.6 Å². The lowest BCUT2D eigenvalue weighted by Gasteiger charge is -2.40. The van der Waals surface area contributed by atoms with Crippen molar-refractivity contribution in [3.63, 3.8) is 0 Å². The molecule has 1 aliphatic heterocycles. The molecule has 0 radical (unpaired) electrons. The number of Topliss-reactive ketones (excluding diaryl/α,β-unsaturated/α-hetero) is 1. The lowest BCUT2D eigenvalue weighted by molar-refractivity contribution is -0.118. The minimum Gasteiger partial charge on any atom is -0.496 e. The van der Waals surface area contributed by atoms with Crippen molar-refractivity contribution in [2.45, 2.75) is 39.5 Å². The van der Waals surface area contributed by atoms with Crippen LogP contribution < -0.4 is 24.8 Å². The number of methoxy groups -OCH3 is 3. The number of carbonyl (C=O) groups is 2. The molecule has 0 saturated heterocycles. The summed E-state index contributed by atoms with van der Waals surface area (Å²) >= 11 is 4.87. The van der Waals surface area contributed by atoms with E-state index < -0.39 is 5.92 Å². The van der Waals surface area contributed by atoms with Gasteiger partial charge in [-0.2, -0.15) is 0 Å². The van der Waals surface area contributed by atoms with Gasteiger partial charge in [0.15, 0.2) is 22.4 Å². The van der Waals surface area contributed by atoms with Gasteiger partial charge in [-0.05, 0) is 43.0 Å². The number of rotatable bonds is 6. The number of allylic oxidation sites excluding steroid dienone is 3. The molecule has 2 aromatic carbocycles. The van der Waals surface area contributed by atoms with Crippen LogP contribution in [0.4, 0.5) is 5.13 Å². The first kappa shape index (κ1) is 27.2. The van der Waals surface area contributed by atoms with Gasteiger partial charge in [0.25, 0.3) is 5.91 Å². The number of halogens is 1. The number of fused-ring (bicyclic) bond motifs is 1. The highest BCUT2D eigenvalue weighted by atomic mass is 79.9. The third kappa shape index (κ3) is 5.03. The summed E-state index contributed by atoms with van der Waals surface area (Å²) < 4.78 is 18.7. The van der Waals surface area contributed by atoms with Crippen LogP contribution in [0.3, 0.4) is 0 Å². The highest BCUT2D eigenvalue weighted by molar-refractivity contribution is 9.10. The molecule has 1 amide bonds. The average Bonchev–Trinajstić information content (AvgIpc) is 3.27. The van der Waals surface area contributed by atoms with Crippen LogP contribution in [0.2, 0.25) is 0 Å².